The number of anilines is 1. The Morgan fingerprint density at radius 2 is 2.04 bits per heavy atom. The van der Waals surface area contributed by atoms with Crippen LogP contribution in [0, 0.1) is 0 Å². The summed E-state index contributed by atoms with van der Waals surface area (Å²) in [6, 6.07) is 1.82. The third-order valence-corrected chi connectivity index (χ3v) is 4.94. The lowest BCUT2D eigenvalue weighted by atomic mass is 10.1. The Hall–Kier alpha value is -2.80. The number of aliphatic imine (C=N–C) groups is 1. The molecule has 1 N–H and O–H groups in total. The first-order valence-electron chi connectivity index (χ1n) is 8.66. The highest BCUT2D eigenvalue weighted by atomic mass is 16.1. The van der Waals surface area contributed by atoms with Gasteiger partial charge in [-0.15, -0.1) is 0 Å². The molecule has 126 valence electrons. The summed E-state index contributed by atoms with van der Waals surface area (Å²) in [4.78, 5) is 25.3. The molecule has 0 amide bonds. The molecule has 1 fully saturated rings. The summed E-state index contributed by atoms with van der Waals surface area (Å²) >= 11 is 0. The van der Waals surface area contributed by atoms with Gasteiger partial charge in [0.05, 0.1) is 11.1 Å². The van der Waals surface area contributed by atoms with Gasteiger partial charge in [0.25, 0.3) is 5.56 Å². The summed E-state index contributed by atoms with van der Waals surface area (Å²) < 4.78 is 0. The Morgan fingerprint density at radius 1 is 1.16 bits per heavy atom. The average Bonchev–Trinajstić information content (AvgIpc) is 2.65. The molecule has 7 nitrogen and oxygen atoms in total. The van der Waals surface area contributed by atoms with E-state index in [1.54, 1.807) is 6.20 Å². The van der Waals surface area contributed by atoms with E-state index in [0.717, 1.165) is 31.2 Å². The average molecular weight is 334 g/mol. The first kappa shape index (κ1) is 14.5. The summed E-state index contributed by atoms with van der Waals surface area (Å²) in [7, 11) is 0. The fraction of sp³-hybridized carbons (Fsp3) is 0.333. The number of H-pyrrole nitrogens is 1. The van der Waals surface area contributed by atoms with Crippen LogP contribution in [-0.4, -0.2) is 45.6 Å². The Kier molecular flexibility index (Phi) is 3.27. The van der Waals surface area contributed by atoms with Crippen LogP contribution in [-0.2, 0) is 0 Å². The molecule has 0 saturated carbocycles. The molecule has 0 unspecified atom stereocenters. The van der Waals surface area contributed by atoms with E-state index in [1.807, 2.05) is 17.0 Å². The van der Waals surface area contributed by atoms with Crippen molar-refractivity contribution < 1.29 is 0 Å². The van der Waals surface area contributed by atoms with Gasteiger partial charge in [-0.05, 0) is 43.6 Å². The third kappa shape index (κ3) is 2.39. The van der Waals surface area contributed by atoms with Crippen molar-refractivity contribution in [3.63, 3.8) is 0 Å². The van der Waals surface area contributed by atoms with Gasteiger partial charge in [-0.1, -0.05) is 12.5 Å². The highest BCUT2D eigenvalue weighted by Gasteiger charge is 2.26. The minimum atomic E-state index is -0.288. The second-order valence-electron chi connectivity index (χ2n) is 6.64. The summed E-state index contributed by atoms with van der Waals surface area (Å²) in [6.07, 6.45) is 11.7. The van der Waals surface area contributed by atoms with Gasteiger partial charge in [0.15, 0.2) is 5.82 Å². The number of hydrogen-bond donors (Lipinski definition) is 1. The van der Waals surface area contributed by atoms with Crippen molar-refractivity contribution in [2.45, 2.75) is 19.3 Å². The smallest absolute Gasteiger partial charge is 0.290 e. The van der Waals surface area contributed by atoms with Crippen LogP contribution in [0.15, 0.2) is 46.0 Å². The van der Waals surface area contributed by atoms with E-state index < -0.39 is 0 Å². The van der Waals surface area contributed by atoms with E-state index in [4.69, 9.17) is 0 Å². The minimum Gasteiger partial charge on any atom is -0.299 e. The zero-order valence-corrected chi connectivity index (χ0v) is 13.8. The SMILES string of the molecule is O=c1[nH]nc2c3c(ccnc13)N=C1C=CC(CN3CCCCC3)=CN12. The van der Waals surface area contributed by atoms with Crippen LogP contribution in [0.5, 0.6) is 0 Å². The Morgan fingerprint density at radius 3 is 2.92 bits per heavy atom. The van der Waals surface area contributed by atoms with Crippen molar-refractivity contribution in [2.24, 2.45) is 4.99 Å². The molecule has 1 saturated heterocycles. The van der Waals surface area contributed by atoms with Gasteiger partial charge in [-0.3, -0.25) is 19.6 Å². The molecule has 0 aliphatic carbocycles. The second kappa shape index (κ2) is 5.63. The molecule has 5 rings (SSSR count). The lowest BCUT2D eigenvalue weighted by molar-refractivity contribution is 0.248. The number of amidine groups is 1. The highest BCUT2D eigenvalue weighted by molar-refractivity contribution is 6.17. The summed E-state index contributed by atoms with van der Waals surface area (Å²) in [6.45, 7) is 3.23. The number of nitrogens with zero attached hydrogens (tertiary/aromatic N) is 5. The van der Waals surface area contributed by atoms with E-state index in [0.29, 0.717) is 16.7 Å². The molecular formula is C18H18N6O. The first-order chi connectivity index (χ1) is 12.3. The molecule has 0 atom stereocenters. The maximum absolute atomic E-state index is 12.0. The number of aromatic nitrogens is 3. The molecule has 0 radical (unpaired) electrons. The van der Waals surface area contributed by atoms with Gasteiger partial charge < -0.3 is 0 Å². The van der Waals surface area contributed by atoms with Crippen LogP contribution in [0.25, 0.3) is 10.9 Å². The molecule has 5 heterocycles. The molecule has 2 aromatic rings. The fourth-order valence-corrected chi connectivity index (χ4v) is 3.71. The van der Waals surface area contributed by atoms with E-state index in [-0.39, 0.29) is 5.56 Å². The number of likely N-dealkylation sites (tertiary alicyclic amines) is 1. The van der Waals surface area contributed by atoms with Crippen molar-refractivity contribution in [3.8, 4) is 0 Å². The Balaban J connectivity index is 1.57. The maximum Gasteiger partial charge on any atom is 0.290 e. The van der Waals surface area contributed by atoms with Crippen molar-refractivity contribution >= 4 is 28.2 Å². The van der Waals surface area contributed by atoms with Gasteiger partial charge in [-0.25, -0.2) is 10.1 Å². The van der Waals surface area contributed by atoms with Gasteiger partial charge in [0.2, 0.25) is 0 Å². The third-order valence-electron chi connectivity index (χ3n) is 4.94. The monoisotopic (exact) mass is 334 g/mol. The molecular weight excluding hydrogens is 316 g/mol. The standard InChI is InChI=1S/C18H18N6O/c25-18-16-15-13(6-7-19-16)20-14-5-4-12(10-23-8-2-1-3-9-23)11-24(14)17(15)21-22-18/h4-7,11H,1-3,8-10H2,(H,22,25). The zero-order chi connectivity index (χ0) is 16.8. The summed E-state index contributed by atoms with van der Waals surface area (Å²) in [5, 5.41) is 7.54. The van der Waals surface area contributed by atoms with E-state index in [9.17, 15) is 4.79 Å². The molecule has 7 heteroatoms. The number of hydrogen-bond acceptors (Lipinski definition) is 6. The van der Waals surface area contributed by atoms with E-state index >= 15 is 0 Å². The van der Waals surface area contributed by atoms with Gasteiger partial charge in [-0.2, -0.15) is 5.10 Å². The largest absolute Gasteiger partial charge is 0.299 e. The normalized spacial score (nSPS) is 19.6. The van der Waals surface area contributed by atoms with Gasteiger partial charge in [0.1, 0.15) is 11.4 Å². The molecule has 3 aliphatic rings. The fourth-order valence-electron chi connectivity index (χ4n) is 3.71. The number of rotatable bonds is 2. The molecule has 25 heavy (non-hydrogen) atoms. The first-order valence-corrected chi connectivity index (χ1v) is 8.66. The van der Waals surface area contributed by atoms with Crippen LogP contribution in [0.2, 0.25) is 0 Å². The second-order valence-corrected chi connectivity index (χ2v) is 6.64. The van der Waals surface area contributed by atoms with Crippen LogP contribution in [0.3, 0.4) is 0 Å². The lowest BCUT2D eigenvalue weighted by Gasteiger charge is -2.31. The van der Waals surface area contributed by atoms with Gasteiger partial charge >= 0.3 is 0 Å². The minimum absolute atomic E-state index is 0.288. The lowest BCUT2D eigenvalue weighted by Crippen LogP contribution is -2.35. The maximum atomic E-state index is 12.0. The topological polar surface area (TPSA) is 77.5 Å². The molecule has 3 aliphatic heterocycles. The number of pyridine rings is 1. The van der Waals surface area contributed by atoms with Crippen molar-refractivity contribution in [3.05, 3.63) is 46.5 Å². The van der Waals surface area contributed by atoms with Crippen LogP contribution in [0.4, 0.5) is 11.5 Å². The van der Waals surface area contributed by atoms with Crippen LogP contribution < -0.4 is 10.5 Å². The molecule has 0 bridgehead atoms. The number of nitrogens with one attached hydrogen (secondary N) is 1. The summed E-state index contributed by atoms with van der Waals surface area (Å²) in [5.41, 5.74) is 2.05. The quantitative estimate of drug-likeness (QED) is 0.910. The predicted octanol–water partition coefficient (Wildman–Crippen LogP) is 2.11. The summed E-state index contributed by atoms with van der Waals surface area (Å²) in [5.74, 6) is 1.49. The number of aromatic amines is 1. The highest BCUT2D eigenvalue weighted by Crippen LogP contribution is 2.36. The van der Waals surface area contributed by atoms with Crippen molar-refractivity contribution in [1.29, 1.82) is 0 Å². The Bertz CT molecular complexity index is 996. The molecule has 0 spiro atoms. The number of piperidine rings is 1. The zero-order valence-electron chi connectivity index (χ0n) is 13.8. The predicted molar refractivity (Wildman–Crippen MR) is 97.2 cm³/mol. The Labute approximate surface area is 144 Å². The van der Waals surface area contributed by atoms with Gasteiger partial charge in [0, 0.05) is 18.9 Å². The molecule has 0 aromatic carbocycles. The van der Waals surface area contributed by atoms with Crippen molar-refractivity contribution in [1.82, 2.24) is 20.1 Å². The van der Waals surface area contributed by atoms with Crippen LogP contribution in [0.1, 0.15) is 19.3 Å². The van der Waals surface area contributed by atoms with E-state index in [2.05, 4.69) is 37.3 Å². The van der Waals surface area contributed by atoms with Crippen molar-refractivity contribution in [2.75, 3.05) is 24.5 Å². The number of fused-ring (bicyclic) bond motifs is 2. The van der Waals surface area contributed by atoms with E-state index in [1.165, 1.54) is 24.8 Å². The molecule has 2 aromatic heterocycles. The van der Waals surface area contributed by atoms with Crippen LogP contribution >= 0.6 is 0 Å².